The van der Waals surface area contributed by atoms with E-state index in [0.29, 0.717) is 17.6 Å². The van der Waals surface area contributed by atoms with Crippen molar-refractivity contribution in [3.8, 4) is 0 Å². The first kappa shape index (κ1) is 8.87. The van der Waals surface area contributed by atoms with Crippen LogP contribution in [0.4, 0.5) is 0 Å². The molecule has 0 aromatic heterocycles. The Kier molecular flexibility index (Phi) is 3.72. The van der Waals surface area contributed by atoms with Crippen molar-refractivity contribution in [1.29, 1.82) is 0 Å². The van der Waals surface area contributed by atoms with Crippen LogP contribution in [0.3, 0.4) is 0 Å². The van der Waals surface area contributed by atoms with E-state index in [1.165, 1.54) is 0 Å². The summed E-state index contributed by atoms with van der Waals surface area (Å²) in [7, 11) is 0. The van der Waals surface area contributed by atoms with Gasteiger partial charge in [-0.2, -0.15) is 0 Å². The largest absolute Gasteiger partial charge is 0.465 e. The average Bonchev–Trinajstić information content (AvgIpc) is 1.85. The van der Waals surface area contributed by atoms with Crippen LogP contribution in [0.1, 0.15) is 6.92 Å². The highest BCUT2D eigenvalue weighted by atomic mass is 32.2. The molecule has 0 spiro atoms. The fourth-order valence-electron chi connectivity index (χ4n) is 0.769. The number of nitrogens with one attached hydrogen (secondary N) is 1. The molecule has 1 heterocycles. The molecule has 0 atom stereocenters. The highest BCUT2D eigenvalue weighted by Gasteiger charge is 2.18. The smallest absolute Gasteiger partial charge is 0.315 e. The summed E-state index contributed by atoms with van der Waals surface area (Å²) in [6.45, 7) is 4.38. The molecule has 0 aliphatic carbocycles. The summed E-state index contributed by atoms with van der Waals surface area (Å²) in [5.41, 5.74) is 0. The van der Waals surface area contributed by atoms with Crippen molar-refractivity contribution in [3.63, 3.8) is 0 Å². The molecule has 0 saturated carbocycles. The fraction of sp³-hybridized carbons (Fsp3) is 0.857. The van der Waals surface area contributed by atoms with E-state index >= 15 is 0 Å². The number of rotatable bonds is 4. The van der Waals surface area contributed by atoms with Crippen LogP contribution < -0.4 is 5.32 Å². The molecule has 0 aromatic carbocycles. The quantitative estimate of drug-likeness (QED) is 0.622. The Morgan fingerprint density at radius 3 is 2.91 bits per heavy atom. The van der Waals surface area contributed by atoms with Crippen LogP contribution in [0.15, 0.2) is 0 Å². The van der Waals surface area contributed by atoms with Gasteiger partial charge in [-0.15, -0.1) is 11.8 Å². The molecule has 1 N–H and O–H groups in total. The molecule has 0 unspecified atom stereocenters. The van der Waals surface area contributed by atoms with Crippen LogP contribution in [0.2, 0.25) is 0 Å². The third kappa shape index (κ3) is 3.12. The van der Waals surface area contributed by atoms with Crippen molar-refractivity contribution in [2.75, 3.05) is 25.4 Å². The molecular formula is C7H13NO2S. The van der Waals surface area contributed by atoms with Gasteiger partial charge in [0.2, 0.25) is 0 Å². The summed E-state index contributed by atoms with van der Waals surface area (Å²) in [4.78, 5) is 10.8. The SMILES string of the molecule is CCOC(=O)CSC1CNC1. The standard InChI is InChI=1S/C7H13NO2S/c1-2-10-7(9)5-11-6-3-8-4-6/h6,8H,2-5H2,1H3. The van der Waals surface area contributed by atoms with Gasteiger partial charge in [0.05, 0.1) is 12.4 Å². The van der Waals surface area contributed by atoms with Crippen molar-refractivity contribution >= 4 is 17.7 Å². The molecule has 1 fully saturated rings. The van der Waals surface area contributed by atoms with Crippen molar-refractivity contribution in [2.45, 2.75) is 12.2 Å². The highest BCUT2D eigenvalue weighted by Crippen LogP contribution is 2.14. The summed E-state index contributed by atoms with van der Waals surface area (Å²) < 4.78 is 4.78. The molecule has 64 valence electrons. The van der Waals surface area contributed by atoms with Crippen LogP contribution in [0.25, 0.3) is 0 Å². The summed E-state index contributed by atoms with van der Waals surface area (Å²) in [5.74, 6) is 0.407. The van der Waals surface area contributed by atoms with Crippen LogP contribution in [0.5, 0.6) is 0 Å². The molecule has 0 aromatic rings. The number of esters is 1. The van der Waals surface area contributed by atoms with Gasteiger partial charge in [0.25, 0.3) is 0 Å². The minimum absolute atomic E-state index is 0.0931. The molecular weight excluding hydrogens is 162 g/mol. The zero-order valence-corrected chi connectivity index (χ0v) is 7.45. The second-order valence-corrected chi connectivity index (χ2v) is 3.68. The molecule has 1 aliphatic heterocycles. The lowest BCUT2D eigenvalue weighted by Crippen LogP contribution is -2.45. The maximum Gasteiger partial charge on any atom is 0.315 e. The summed E-state index contributed by atoms with van der Waals surface area (Å²) in [6, 6.07) is 0. The number of hydrogen-bond donors (Lipinski definition) is 1. The first-order valence-corrected chi connectivity index (χ1v) is 4.85. The van der Waals surface area contributed by atoms with E-state index in [9.17, 15) is 4.79 Å². The molecule has 0 bridgehead atoms. The molecule has 4 heteroatoms. The third-order valence-corrected chi connectivity index (χ3v) is 2.69. The van der Waals surface area contributed by atoms with Crippen molar-refractivity contribution in [1.82, 2.24) is 5.32 Å². The van der Waals surface area contributed by atoms with Gasteiger partial charge in [-0.1, -0.05) is 0 Å². The Hall–Kier alpha value is -0.220. The van der Waals surface area contributed by atoms with Crippen LogP contribution in [-0.4, -0.2) is 36.7 Å². The van der Waals surface area contributed by atoms with E-state index in [1.54, 1.807) is 11.8 Å². The summed E-state index contributed by atoms with van der Waals surface area (Å²) in [5, 5.41) is 3.77. The lowest BCUT2D eigenvalue weighted by atomic mass is 10.3. The van der Waals surface area contributed by atoms with Gasteiger partial charge in [0.15, 0.2) is 0 Å². The predicted octanol–water partition coefficient (Wildman–Crippen LogP) is 0.255. The molecule has 0 radical (unpaired) electrons. The van der Waals surface area contributed by atoms with Crippen molar-refractivity contribution in [2.24, 2.45) is 0 Å². The van der Waals surface area contributed by atoms with Gasteiger partial charge < -0.3 is 10.1 Å². The Bertz CT molecular complexity index is 136. The number of carbonyl (C=O) groups excluding carboxylic acids is 1. The average molecular weight is 175 g/mol. The Morgan fingerprint density at radius 2 is 2.45 bits per heavy atom. The van der Waals surface area contributed by atoms with E-state index in [-0.39, 0.29) is 5.97 Å². The second-order valence-electron chi connectivity index (χ2n) is 2.40. The van der Waals surface area contributed by atoms with Crippen LogP contribution in [0, 0.1) is 0 Å². The van der Waals surface area contributed by atoms with E-state index < -0.39 is 0 Å². The minimum Gasteiger partial charge on any atom is -0.465 e. The fourth-order valence-corrected chi connectivity index (χ4v) is 1.70. The molecule has 0 amide bonds. The molecule has 3 nitrogen and oxygen atoms in total. The normalized spacial score (nSPS) is 17.5. The summed E-state index contributed by atoms with van der Waals surface area (Å²) in [6.07, 6.45) is 0. The topological polar surface area (TPSA) is 38.3 Å². The number of ether oxygens (including phenoxy) is 1. The maximum absolute atomic E-state index is 10.8. The second kappa shape index (κ2) is 4.62. The van der Waals surface area contributed by atoms with Gasteiger partial charge in [-0.05, 0) is 6.92 Å². The van der Waals surface area contributed by atoms with E-state index in [1.807, 2.05) is 6.92 Å². The molecule has 1 aliphatic rings. The Balaban J connectivity index is 1.96. The zero-order valence-electron chi connectivity index (χ0n) is 6.63. The molecule has 1 saturated heterocycles. The van der Waals surface area contributed by atoms with Crippen molar-refractivity contribution < 1.29 is 9.53 Å². The van der Waals surface area contributed by atoms with Crippen LogP contribution in [-0.2, 0) is 9.53 Å². The maximum atomic E-state index is 10.8. The lowest BCUT2D eigenvalue weighted by molar-refractivity contribution is -0.139. The molecule has 11 heavy (non-hydrogen) atoms. The first-order chi connectivity index (χ1) is 5.33. The first-order valence-electron chi connectivity index (χ1n) is 3.81. The molecule has 1 rings (SSSR count). The van der Waals surface area contributed by atoms with Gasteiger partial charge in [-0.3, -0.25) is 4.79 Å². The highest BCUT2D eigenvalue weighted by molar-refractivity contribution is 8.00. The van der Waals surface area contributed by atoms with E-state index in [2.05, 4.69) is 5.32 Å². The number of thioether (sulfide) groups is 1. The van der Waals surface area contributed by atoms with Gasteiger partial charge in [0, 0.05) is 18.3 Å². The monoisotopic (exact) mass is 175 g/mol. The Morgan fingerprint density at radius 1 is 1.73 bits per heavy atom. The van der Waals surface area contributed by atoms with Crippen molar-refractivity contribution in [3.05, 3.63) is 0 Å². The minimum atomic E-state index is -0.0931. The van der Waals surface area contributed by atoms with Crippen LogP contribution >= 0.6 is 11.8 Å². The predicted molar refractivity (Wildman–Crippen MR) is 45.7 cm³/mol. The van der Waals surface area contributed by atoms with Gasteiger partial charge >= 0.3 is 5.97 Å². The third-order valence-electron chi connectivity index (χ3n) is 1.49. The lowest BCUT2D eigenvalue weighted by Gasteiger charge is -2.25. The number of hydrogen-bond acceptors (Lipinski definition) is 4. The zero-order chi connectivity index (χ0) is 8.10. The summed E-state index contributed by atoms with van der Waals surface area (Å²) >= 11 is 1.67. The van der Waals surface area contributed by atoms with Gasteiger partial charge in [-0.25, -0.2) is 0 Å². The Labute approximate surface area is 70.9 Å². The van der Waals surface area contributed by atoms with E-state index in [0.717, 1.165) is 13.1 Å². The van der Waals surface area contributed by atoms with Gasteiger partial charge in [0.1, 0.15) is 0 Å². The van der Waals surface area contributed by atoms with E-state index in [4.69, 9.17) is 4.74 Å². The number of carbonyl (C=O) groups is 1.